The molecule has 0 aliphatic carbocycles. The van der Waals surface area contributed by atoms with Crippen molar-refractivity contribution in [3.63, 3.8) is 0 Å². The molecule has 1 atom stereocenters. The highest BCUT2D eigenvalue weighted by Gasteiger charge is 2.41. The Morgan fingerprint density at radius 2 is 1.69 bits per heavy atom. The van der Waals surface area contributed by atoms with Crippen molar-refractivity contribution in [2.45, 2.75) is 90.6 Å². The Morgan fingerprint density at radius 1 is 1.11 bits per heavy atom. The number of piperazine rings is 1. The van der Waals surface area contributed by atoms with Gasteiger partial charge in [0.2, 0.25) is 0 Å². The first-order chi connectivity index (χ1) is 16.2. The third-order valence-corrected chi connectivity index (χ3v) is 13.2. The normalized spacial score (nSPS) is 17.3. The zero-order valence-corrected chi connectivity index (χ0v) is 24.8. The van der Waals surface area contributed by atoms with Gasteiger partial charge in [0.1, 0.15) is 13.7 Å². The lowest BCUT2D eigenvalue weighted by atomic mass is 10.1. The molecule has 1 aliphatic rings. The number of hydrogen-bond donors (Lipinski definition) is 0. The maximum absolute atomic E-state index is 12.7. The van der Waals surface area contributed by atoms with Gasteiger partial charge in [-0.2, -0.15) is 0 Å². The van der Waals surface area contributed by atoms with Gasteiger partial charge in [0.05, 0.1) is 0 Å². The molecule has 0 N–H and O–H groups in total. The molecule has 1 heterocycles. The topological polar surface area (TPSA) is 62.3 Å². The van der Waals surface area contributed by atoms with E-state index in [2.05, 4.69) is 64.5 Å². The molecule has 0 aromatic carbocycles. The van der Waals surface area contributed by atoms with Crippen molar-refractivity contribution in [2.24, 2.45) is 0 Å². The summed E-state index contributed by atoms with van der Waals surface area (Å²) in [7, 11) is -0.121. The summed E-state index contributed by atoms with van der Waals surface area (Å²) in [4.78, 5) is 30.8. The van der Waals surface area contributed by atoms with Crippen LogP contribution in [0.3, 0.4) is 0 Å². The second kappa shape index (κ2) is 13.4. The Bertz CT molecular complexity index is 758. The van der Waals surface area contributed by atoms with Gasteiger partial charge in [-0.1, -0.05) is 53.5 Å². The molecule has 8 heteroatoms. The van der Waals surface area contributed by atoms with Crippen LogP contribution in [0.1, 0.15) is 62.3 Å². The van der Waals surface area contributed by atoms with Crippen molar-refractivity contribution in [3.05, 3.63) is 12.7 Å². The van der Waals surface area contributed by atoms with Crippen LogP contribution in [0, 0.1) is 11.5 Å². The van der Waals surface area contributed by atoms with Gasteiger partial charge in [-0.25, -0.2) is 9.59 Å². The van der Waals surface area contributed by atoms with Gasteiger partial charge in [0.25, 0.3) is 0 Å². The first-order valence-corrected chi connectivity index (χ1v) is 15.1. The van der Waals surface area contributed by atoms with Gasteiger partial charge in [-0.15, -0.1) is 12.1 Å². The summed E-state index contributed by atoms with van der Waals surface area (Å²) < 4.78 is 11.1. The average Bonchev–Trinajstić information content (AvgIpc) is 2.72. The van der Waals surface area contributed by atoms with Gasteiger partial charge in [-0.3, -0.25) is 4.90 Å². The fourth-order valence-corrected chi connectivity index (χ4v) is 10.4. The molecule has 0 spiro atoms. The molecule has 2 amide bonds. The van der Waals surface area contributed by atoms with E-state index in [9.17, 15) is 9.59 Å². The van der Waals surface area contributed by atoms with Crippen LogP contribution in [0.2, 0.25) is 16.6 Å². The Hall–Kier alpha value is -1.98. The number of likely N-dealkylation sites (N-methyl/N-ethyl adjacent to an activating group) is 1. The monoisotopic (exact) mass is 507 g/mol. The van der Waals surface area contributed by atoms with Crippen molar-refractivity contribution >= 4 is 20.3 Å². The second-order valence-electron chi connectivity index (χ2n) is 11.5. The molecular weight excluding hydrogens is 458 g/mol. The van der Waals surface area contributed by atoms with E-state index < -0.39 is 19.8 Å². The summed E-state index contributed by atoms with van der Waals surface area (Å²) in [6.07, 6.45) is 1.12. The molecule has 1 saturated heterocycles. The van der Waals surface area contributed by atoms with Crippen molar-refractivity contribution < 1.29 is 19.1 Å². The number of rotatable bonds is 8. The van der Waals surface area contributed by atoms with E-state index in [0.717, 1.165) is 0 Å². The van der Waals surface area contributed by atoms with Gasteiger partial charge in [0, 0.05) is 45.8 Å². The minimum absolute atomic E-state index is 0.0409. The molecule has 0 radical (unpaired) electrons. The third kappa shape index (κ3) is 8.87. The van der Waals surface area contributed by atoms with E-state index in [-0.39, 0.29) is 18.7 Å². The number of ether oxygens (including phenoxy) is 2. The predicted octanol–water partition coefficient (Wildman–Crippen LogP) is 5.38. The fourth-order valence-electron chi connectivity index (χ4n) is 5.19. The van der Waals surface area contributed by atoms with Crippen LogP contribution >= 0.6 is 0 Å². The Labute approximate surface area is 215 Å². The lowest BCUT2D eigenvalue weighted by Gasteiger charge is -2.42. The lowest BCUT2D eigenvalue weighted by molar-refractivity contribution is 0.00219. The highest BCUT2D eigenvalue weighted by atomic mass is 28.3. The molecule has 35 heavy (non-hydrogen) atoms. The van der Waals surface area contributed by atoms with E-state index in [0.29, 0.717) is 49.3 Å². The van der Waals surface area contributed by atoms with Gasteiger partial charge >= 0.3 is 12.2 Å². The van der Waals surface area contributed by atoms with E-state index in [1.807, 2.05) is 26.8 Å². The summed E-state index contributed by atoms with van der Waals surface area (Å²) in [5, 5.41) is 0. The molecule has 0 aromatic rings. The molecule has 0 aromatic heterocycles. The maximum atomic E-state index is 12.7. The van der Waals surface area contributed by atoms with Crippen LogP contribution in [0.25, 0.3) is 0 Å². The van der Waals surface area contributed by atoms with Crippen molar-refractivity contribution in [3.8, 4) is 11.5 Å². The largest absolute Gasteiger partial charge is 0.444 e. The highest BCUT2D eigenvalue weighted by Crippen LogP contribution is 2.40. The van der Waals surface area contributed by atoms with Gasteiger partial charge < -0.3 is 19.3 Å². The Morgan fingerprint density at radius 3 is 2.17 bits per heavy atom. The van der Waals surface area contributed by atoms with Crippen molar-refractivity contribution in [1.29, 1.82) is 0 Å². The fraction of sp³-hybridized carbons (Fsp3) is 0.778. The third-order valence-electron chi connectivity index (χ3n) is 6.85. The minimum atomic E-state index is -1.85. The minimum Gasteiger partial charge on any atom is -0.444 e. The Balaban J connectivity index is 2.81. The summed E-state index contributed by atoms with van der Waals surface area (Å²) in [5.74, 6) is 3.18. The number of carbonyl (C=O) groups excluding carboxylic acids is 2. The van der Waals surface area contributed by atoms with Gasteiger partial charge in [-0.05, 0) is 37.4 Å². The Kier molecular flexibility index (Phi) is 11.9. The van der Waals surface area contributed by atoms with Crippen LogP contribution in [-0.4, -0.2) is 93.0 Å². The van der Waals surface area contributed by atoms with Crippen LogP contribution in [0.5, 0.6) is 0 Å². The molecule has 1 unspecified atom stereocenters. The zero-order valence-electron chi connectivity index (χ0n) is 23.8. The molecule has 1 aliphatic heterocycles. The van der Waals surface area contributed by atoms with Crippen LogP contribution in [-0.2, 0) is 9.47 Å². The molecule has 1 fully saturated rings. The average molecular weight is 508 g/mol. The highest BCUT2D eigenvalue weighted by molar-refractivity contribution is 6.90. The SMILES string of the molecule is C=CCN1CCN(C(=O)OC(C)(C)C)CC1CN(C)C(=O)OCC#C[Si](C(C)C)(C(C)C)C(C)C. The molecule has 0 bridgehead atoms. The van der Waals surface area contributed by atoms with Crippen molar-refractivity contribution in [1.82, 2.24) is 14.7 Å². The van der Waals surface area contributed by atoms with E-state index >= 15 is 0 Å². The number of hydrogen-bond acceptors (Lipinski definition) is 5. The van der Waals surface area contributed by atoms with Crippen LogP contribution in [0.15, 0.2) is 12.7 Å². The summed E-state index contributed by atoms with van der Waals surface area (Å²) >= 11 is 0. The predicted molar refractivity (Wildman–Crippen MR) is 146 cm³/mol. The number of carbonyl (C=O) groups is 2. The van der Waals surface area contributed by atoms with E-state index in [4.69, 9.17) is 9.47 Å². The number of nitrogens with zero attached hydrogens (tertiary/aromatic N) is 3. The second-order valence-corrected chi connectivity index (χ2v) is 17.1. The first-order valence-electron chi connectivity index (χ1n) is 12.9. The molecule has 7 nitrogen and oxygen atoms in total. The first kappa shape index (κ1) is 31.0. The smallest absolute Gasteiger partial charge is 0.410 e. The molecule has 200 valence electrons. The van der Waals surface area contributed by atoms with E-state index in [1.54, 1.807) is 16.8 Å². The molecular formula is C27H49N3O4Si. The molecule has 0 saturated carbocycles. The van der Waals surface area contributed by atoms with Crippen LogP contribution in [0.4, 0.5) is 9.59 Å². The summed E-state index contributed by atoms with van der Waals surface area (Å²) in [6, 6.07) is -0.0409. The van der Waals surface area contributed by atoms with Crippen LogP contribution < -0.4 is 0 Å². The standard InChI is InChI=1S/C27H49N3O4Si/c1-12-14-29-15-16-30(26(32)34-27(8,9)10)20-24(29)19-28(11)25(31)33-17-13-18-35(21(2)3,22(4)5)23(6)7/h12,21-24H,1,14-17,19-20H2,2-11H3. The quantitative estimate of drug-likeness (QED) is 0.251. The lowest BCUT2D eigenvalue weighted by Crippen LogP contribution is -2.58. The van der Waals surface area contributed by atoms with Gasteiger partial charge in [0.15, 0.2) is 6.61 Å². The maximum Gasteiger partial charge on any atom is 0.410 e. The zero-order chi connectivity index (χ0) is 27.0. The number of amides is 2. The van der Waals surface area contributed by atoms with E-state index in [1.165, 1.54) is 0 Å². The summed E-state index contributed by atoms with van der Waals surface area (Å²) in [6.45, 7) is 26.0. The van der Waals surface area contributed by atoms with Crippen molar-refractivity contribution in [2.75, 3.05) is 46.4 Å². The molecule has 1 rings (SSSR count). The summed E-state index contributed by atoms with van der Waals surface area (Å²) in [5.41, 5.74) is 4.63.